The molecule has 0 saturated heterocycles. The second-order valence-electron chi connectivity index (χ2n) is 7.18. The number of hydrogen-bond donors (Lipinski definition) is 0. The molecule has 0 aliphatic heterocycles. The van der Waals surface area contributed by atoms with Gasteiger partial charge in [0.25, 0.3) is 0 Å². The zero-order valence-electron chi connectivity index (χ0n) is 16.5. The molecule has 4 aromatic carbocycles. The minimum Gasteiger partial charge on any atom is -0.292 e. The largest absolute Gasteiger partial charge is 0.292 e. The molecular formula is C27H18BrFN2. The van der Waals surface area contributed by atoms with Crippen LogP contribution in [-0.4, -0.2) is 9.55 Å². The maximum atomic E-state index is 13.7. The quantitative estimate of drug-likeness (QED) is 0.263. The van der Waals surface area contributed by atoms with Crippen molar-refractivity contribution in [1.29, 1.82) is 0 Å². The van der Waals surface area contributed by atoms with Crippen molar-refractivity contribution in [2.24, 2.45) is 0 Å². The maximum Gasteiger partial charge on any atom is 0.145 e. The molecule has 31 heavy (non-hydrogen) atoms. The minimum atomic E-state index is -0.267. The summed E-state index contributed by atoms with van der Waals surface area (Å²) in [6.45, 7) is 0. The fraction of sp³-hybridized carbons (Fsp3) is 0. The first-order valence-corrected chi connectivity index (χ1v) is 10.8. The Balaban J connectivity index is 1.87. The molecular weight excluding hydrogens is 451 g/mol. The Labute approximate surface area is 188 Å². The normalized spacial score (nSPS) is 10.9. The van der Waals surface area contributed by atoms with Crippen LogP contribution in [0, 0.1) is 5.82 Å². The van der Waals surface area contributed by atoms with Crippen molar-refractivity contribution in [3.05, 3.63) is 119 Å². The molecule has 150 valence electrons. The van der Waals surface area contributed by atoms with E-state index in [4.69, 9.17) is 4.98 Å². The standard InChI is InChI=1S/C27H18BrFN2/c28-22-13-17-24(18-14-22)31-26(20-9-5-2-6-10-20)25(19-7-3-1-4-8-19)30-27(31)21-11-15-23(29)16-12-21/h1-18H. The highest BCUT2D eigenvalue weighted by Crippen LogP contribution is 2.38. The molecule has 0 amide bonds. The Kier molecular flexibility index (Phi) is 5.23. The van der Waals surface area contributed by atoms with E-state index in [0.29, 0.717) is 0 Å². The third-order valence-corrected chi connectivity index (χ3v) is 5.69. The first kappa shape index (κ1) is 19.5. The molecule has 0 aliphatic rings. The van der Waals surface area contributed by atoms with Crippen molar-refractivity contribution in [1.82, 2.24) is 9.55 Å². The Bertz CT molecular complexity index is 1310. The molecule has 4 heteroatoms. The van der Waals surface area contributed by atoms with E-state index in [0.717, 1.165) is 44.1 Å². The summed E-state index contributed by atoms with van der Waals surface area (Å²) in [6.07, 6.45) is 0. The third-order valence-electron chi connectivity index (χ3n) is 5.16. The van der Waals surface area contributed by atoms with E-state index in [9.17, 15) is 4.39 Å². The van der Waals surface area contributed by atoms with Gasteiger partial charge in [-0.3, -0.25) is 4.57 Å². The molecule has 0 saturated carbocycles. The summed E-state index contributed by atoms with van der Waals surface area (Å²) in [5.74, 6) is 0.497. The van der Waals surface area contributed by atoms with Gasteiger partial charge >= 0.3 is 0 Å². The number of hydrogen-bond acceptors (Lipinski definition) is 1. The van der Waals surface area contributed by atoms with Crippen molar-refractivity contribution >= 4 is 15.9 Å². The van der Waals surface area contributed by atoms with E-state index < -0.39 is 0 Å². The molecule has 0 radical (unpaired) electrons. The average molecular weight is 469 g/mol. The van der Waals surface area contributed by atoms with Gasteiger partial charge in [-0.15, -0.1) is 0 Å². The molecule has 0 spiro atoms. The molecule has 0 atom stereocenters. The molecule has 0 unspecified atom stereocenters. The van der Waals surface area contributed by atoms with Gasteiger partial charge in [0, 0.05) is 26.9 Å². The first-order valence-electron chi connectivity index (χ1n) is 9.96. The Hall–Kier alpha value is -3.50. The number of halogens is 2. The van der Waals surface area contributed by atoms with Crippen LogP contribution in [0.25, 0.3) is 39.6 Å². The Morgan fingerprint density at radius 2 is 1.19 bits per heavy atom. The molecule has 0 N–H and O–H groups in total. The monoisotopic (exact) mass is 468 g/mol. The van der Waals surface area contributed by atoms with E-state index in [1.54, 1.807) is 12.1 Å². The lowest BCUT2D eigenvalue weighted by Crippen LogP contribution is -2.00. The second-order valence-corrected chi connectivity index (χ2v) is 8.10. The van der Waals surface area contributed by atoms with Gasteiger partial charge in [0.15, 0.2) is 0 Å². The van der Waals surface area contributed by atoms with Gasteiger partial charge in [0.2, 0.25) is 0 Å². The minimum absolute atomic E-state index is 0.267. The molecule has 2 nitrogen and oxygen atoms in total. The summed E-state index contributed by atoms with van der Waals surface area (Å²) in [6, 6.07) is 35.0. The molecule has 0 aliphatic carbocycles. The van der Waals surface area contributed by atoms with Gasteiger partial charge in [-0.05, 0) is 48.5 Å². The van der Waals surface area contributed by atoms with Gasteiger partial charge in [-0.25, -0.2) is 9.37 Å². The van der Waals surface area contributed by atoms with Crippen molar-refractivity contribution in [2.45, 2.75) is 0 Å². The molecule has 1 heterocycles. The highest BCUT2D eigenvalue weighted by atomic mass is 79.9. The summed E-state index contributed by atoms with van der Waals surface area (Å²) < 4.78 is 16.8. The van der Waals surface area contributed by atoms with E-state index in [-0.39, 0.29) is 5.82 Å². The molecule has 5 rings (SSSR count). The van der Waals surface area contributed by atoms with Gasteiger partial charge in [0.05, 0.1) is 11.4 Å². The summed E-state index contributed by atoms with van der Waals surface area (Å²) in [5.41, 5.74) is 5.80. The SMILES string of the molecule is Fc1ccc(-c2nc(-c3ccccc3)c(-c3ccccc3)n2-c2ccc(Br)cc2)cc1. The van der Waals surface area contributed by atoms with Crippen molar-refractivity contribution in [2.75, 3.05) is 0 Å². The van der Waals surface area contributed by atoms with E-state index in [1.807, 2.05) is 48.5 Å². The van der Waals surface area contributed by atoms with Gasteiger partial charge in [0.1, 0.15) is 11.6 Å². The van der Waals surface area contributed by atoms with E-state index >= 15 is 0 Å². The number of rotatable bonds is 4. The number of aromatic nitrogens is 2. The topological polar surface area (TPSA) is 17.8 Å². The van der Waals surface area contributed by atoms with Crippen LogP contribution in [-0.2, 0) is 0 Å². The molecule has 0 fully saturated rings. The molecule has 0 bridgehead atoms. The predicted octanol–water partition coefficient (Wildman–Crippen LogP) is 7.77. The first-order chi connectivity index (χ1) is 15.2. The van der Waals surface area contributed by atoms with Crippen molar-refractivity contribution in [3.8, 4) is 39.6 Å². The fourth-order valence-corrected chi connectivity index (χ4v) is 3.98. The van der Waals surface area contributed by atoms with E-state index in [1.165, 1.54) is 12.1 Å². The third kappa shape index (κ3) is 3.82. The number of imidazole rings is 1. The maximum absolute atomic E-state index is 13.7. The highest BCUT2D eigenvalue weighted by molar-refractivity contribution is 9.10. The summed E-state index contributed by atoms with van der Waals surface area (Å²) in [5, 5.41) is 0. The average Bonchev–Trinajstić information content (AvgIpc) is 3.22. The lowest BCUT2D eigenvalue weighted by Gasteiger charge is -2.14. The lowest BCUT2D eigenvalue weighted by atomic mass is 10.0. The molecule has 1 aromatic heterocycles. The van der Waals surface area contributed by atoms with Crippen LogP contribution >= 0.6 is 15.9 Å². The van der Waals surface area contributed by atoms with Crippen LogP contribution in [0.5, 0.6) is 0 Å². The number of nitrogens with zero attached hydrogens (tertiary/aromatic N) is 2. The second kappa shape index (κ2) is 8.32. The van der Waals surface area contributed by atoms with Crippen molar-refractivity contribution < 1.29 is 4.39 Å². The Morgan fingerprint density at radius 3 is 1.81 bits per heavy atom. The van der Waals surface area contributed by atoms with Crippen LogP contribution in [0.4, 0.5) is 4.39 Å². The van der Waals surface area contributed by atoms with Gasteiger partial charge in [-0.1, -0.05) is 76.6 Å². The van der Waals surface area contributed by atoms with Crippen LogP contribution < -0.4 is 0 Å². The summed E-state index contributed by atoms with van der Waals surface area (Å²) in [7, 11) is 0. The smallest absolute Gasteiger partial charge is 0.145 e. The van der Waals surface area contributed by atoms with Gasteiger partial charge < -0.3 is 0 Å². The van der Waals surface area contributed by atoms with Crippen LogP contribution in [0.15, 0.2) is 114 Å². The van der Waals surface area contributed by atoms with Crippen molar-refractivity contribution in [3.63, 3.8) is 0 Å². The van der Waals surface area contributed by atoms with Crippen LogP contribution in [0.2, 0.25) is 0 Å². The van der Waals surface area contributed by atoms with Crippen LogP contribution in [0.3, 0.4) is 0 Å². The lowest BCUT2D eigenvalue weighted by molar-refractivity contribution is 0.628. The fourth-order valence-electron chi connectivity index (χ4n) is 3.71. The zero-order valence-corrected chi connectivity index (χ0v) is 18.1. The molecule has 5 aromatic rings. The predicted molar refractivity (Wildman–Crippen MR) is 128 cm³/mol. The number of benzene rings is 4. The highest BCUT2D eigenvalue weighted by Gasteiger charge is 2.22. The summed E-state index contributed by atoms with van der Waals surface area (Å²) >= 11 is 3.53. The van der Waals surface area contributed by atoms with Crippen LogP contribution in [0.1, 0.15) is 0 Å². The van der Waals surface area contributed by atoms with Gasteiger partial charge in [-0.2, -0.15) is 0 Å². The summed E-state index contributed by atoms with van der Waals surface area (Å²) in [4.78, 5) is 5.08. The van der Waals surface area contributed by atoms with E-state index in [2.05, 4.69) is 56.9 Å². The zero-order chi connectivity index (χ0) is 21.2. The Morgan fingerprint density at radius 1 is 0.613 bits per heavy atom.